The Bertz CT molecular complexity index is 519. The van der Waals surface area contributed by atoms with E-state index < -0.39 is 35.6 Å². The summed E-state index contributed by atoms with van der Waals surface area (Å²) in [6.07, 6.45) is -10.6. The molecule has 0 unspecified atom stereocenters. The van der Waals surface area contributed by atoms with Gasteiger partial charge in [0, 0.05) is 6.42 Å². The lowest BCUT2D eigenvalue weighted by Gasteiger charge is -2.25. The molecule has 9 heteroatoms. The van der Waals surface area contributed by atoms with Crippen LogP contribution in [-0.4, -0.2) is 12.7 Å². The van der Waals surface area contributed by atoms with Gasteiger partial charge in [0.2, 0.25) is 0 Å². The normalized spacial score (nSPS) is 19.9. The number of nitrogens with one attached hydrogen (secondary N) is 1. The van der Waals surface area contributed by atoms with Crippen LogP contribution in [0.4, 0.5) is 31.1 Å². The summed E-state index contributed by atoms with van der Waals surface area (Å²) in [6, 6.07) is 0.302. The van der Waals surface area contributed by atoms with E-state index in [1.54, 1.807) is 0 Å². The van der Waals surface area contributed by atoms with E-state index in [0.29, 0.717) is 12.1 Å². The molecule has 0 spiro atoms. The minimum Gasteiger partial charge on any atom is -0.449 e. The average molecular weight is 313 g/mol. The first kappa shape index (κ1) is 15.5. The van der Waals surface area contributed by atoms with Crippen molar-refractivity contribution in [3.8, 4) is 0 Å². The predicted octanol–water partition coefficient (Wildman–Crippen LogP) is 3.90. The van der Waals surface area contributed by atoms with Gasteiger partial charge in [-0.15, -0.1) is 0 Å². The summed E-state index contributed by atoms with van der Waals surface area (Å²) in [5.41, 5.74) is -3.07. The van der Waals surface area contributed by atoms with Crippen LogP contribution in [0.2, 0.25) is 0 Å². The van der Waals surface area contributed by atoms with Gasteiger partial charge in [-0.25, -0.2) is 4.79 Å². The number of ether oxygens (including phenoxy) is 1. The van der Waals surface area contributed by atoms with Crippen LogP contribution in [0.3, 0.4) is 0 Å². The largest absolute Gasteiger partial charge is 0.449 e. The molecule has 1 aromatic carbocycles. The van der Waals surface area contributed by atoms with Crippen LogP contribution in [0.5, 0.6) is 0 Å². The zero-order chi connectivity index (χ0) is 15.8. The van der Waals surface area contributed by atoms with E-state index in [1.165, 1.54) is 0 Å². The third-order valence-electron chi connectivity index (χ3n) is 2.94. The third-order valence-corrected chi connectivity index (χ3v) is 2.94. The molecule has 0 radical (unpaired) electrons. The first-order chi connectivity index (χ1) is 9.57. The second kappa shape index (κ2) is 5.12. The molecule has 1 saturated heterocycles. The van der Waals surface area contributed by atoms with E-state index in [9.17, 15) is 31.1 Å². The second-order valence-electron chi connectivity index (χ2n) is 4.46. The summed E-state index contributed by atoms with van der Waals surface area (Å²) >= 11 is 0. The van der Waals surface area contributed by atoms with Gasteiger partial charge in [-0.3, -0.25) is 0 Å². The summed E-state index contributed by atoms with van der Waals surface area (Å²) in [7, 11) is 0. The third kappa shape index (κ3) is 3.59. The number of carbonyl (C=O) groups is 1. The molecule has 1 amide bonds. The van der Waals surface area contributed by atoms with E-state index in [-0.39, 0.29) is 24.7 Å². The maximum absolute atomic E-state index is 12.7. The Hall–Kier alpha value is -1.93. The van der Waals surface area contributed by atoms with E-state index in [0.717, 1.165) is 0 Å². The fraction of sp³-hybridized carbons (Fsp3) is 0.417. The zero-order valence-electron chi connectivity index (χ0n) is 10.3. The van der Waals surface area contributed by atoms with E-state index in [2.05, 4.69) is 10.1 Å². The van der Waals surface area contributed by atoms with Gasteiger partial charge in [0.1, 0.15) is 0 Å². The van der Waals surface area contributed by atoms with Crippen LogP contribution in [0.1, 0.15) is 29.2 Å². The number of rotatable bonds is 1. The van der Waals surface area contributed by atoms with Crippen LogP contribution in [0.25, 0.3) is 0 Å². The number of cyclic esters (lactones) is 1. The highest BCUT2D eigenvalue weighted by Gasteiger charge is 2.38. The monoisotopic (exact) mass is 313 g/mol. The lowest BCUT2D eigenvalue weighted by molar-refractivity contribution is -0.143. The highest BCUT2D eigenvalue weighted by atomic mass is 19.4. The highest BCUT2D eigenvalue weighted by molar-refractivity contribution is 5.68. The number of amides is 1. The molecular formula is C12H9F6NO2. The summed E-state index contributed by atoms with van der Waals surface area (Å²) in [4.78, 5) is 11.0. The first-order valence-electron chi connectivity index (χ1n) is 5.80. The maximum Gasteiger partial charge on any atom is 0.416 e. The molecule has 3 nitrogen and oxygen atoms in total. The summed E-state index contributed by atoms with van der Waals surface area (Å²) in [5, 5.41) is 2.19. The first-order valence-corrected chi connectivity index (χ1v) is 5.80. The molecule has 1 fully saturated rings. The number of alkyl carbamates (subject to hydrolysis) is 1. The van der Waals surface area contributed by atoms with Crippen molar-refractivity contribution in [3.63, 3.8) is 0 Å². The van der Waals surface area contributed by atoms with Crippen molar-refractivity contribution in [3.05, 3.63) is 34.9 Å². The number of hydrogen-bond acceptors (Lipinski definition) is 2. The van der Waals surface area contributed by atoms with Crippen molar-refractivity contribution < 1.29 is 35.9 Å². The smallest absolute Gasteiger partial charge is 0.416 e. The van der Waals surface area contributed by atoms with Crippen molar-refractivity contribution in [1.29, 1.82) is 0 Å². The molecule has 0 saturated carbocycles. The van der Waals surface area contributed by atoms with Crippen molar-refractivity contribution in [2.75, 3.05) is 6.61 Å². The van der Waals surface area contributed by atoms with E-state index >= 15 is 0 Å². The molecule has 0 bridgehead atoms. The van der Waals surface area contributed by atoms with Crippen molar-refractivity contribution in [1.82, 2.24) is 5.32 Å². The van der Waals surface area contributed by atoms with Gasteiger partial charge >= 0.3 is 18.4 Å². The van der Waals surface area contributed by atoms with Gasteiger partial charge in [-0.05, 0) is 23.8 Å². The molecule has 0 aromatic heterocycles. The van der Waals surface area contributed by atoms with Crippen LogP contribution in [-0.2, 0) is 17.1 Å². The lowest BCUT2D eigenvalue weighted by Crippen LogP contribution is -2.35. The minimum atomic E-state index is -4.91. The fourth-order valence-corrected chi connectivity index (χ4v) is 1.96. The van der Waals surface area contributed by atoms with Crippen molar-refractivity contribution in [2.24, 2.45) is 0 Å². The van der Waals surface area contributed by atoms with Gasteiger partial charge in [-0.2, -0.15) is 26.3 Å². The van der Waals surface area contributed by atoms with Crippen LogP contribution in [0.15, 0.2) is 18.2 Å². The lowest BCUT2D eigenvalue weighted by atomic mass is 9.97. The standard InChI is InChI=1S/C12H9F6NO2/c13-11(14,15)7-3-6(4-8(5-7)12(16,17)18)9-1-2-21-10(20)19-9/h3-5,9H,1-2H2,(H,19,20)/t9-/m1/s1. The topological polar surface area (TPSA) is 38.3 Å². The van der Waals surface area contributed by atoms with Gasteiger partial charge in [0.05, 0.1) is 23.8 Å². The number of hydrogen-bond donors (Lipinski definition) is 1. The minimum absolute atomic E-state index is 0.0463. The molecule has 1 aliphatic heterocycles. The molecule has 1 heterocycles. The number of carbonyl (C=O) groups excluding carboxylic acids is 1. The highest BCUT2D eigenvalue weighted by Crippen LogP contribution is 2.38. The average Bonchev–Trinajstić information content (AvgIpc) is 2.36. The molecule has 116 valence electrons. The van der Waals surface area contributed by atoms with Crippen LogP contribution in [0, 0.1) is 0 Å². The molecule has 1 atom stereocenters. The SMILES string of the molecule is O=C1N[C@@H](c2cc(C(F)(F)F)cc(C(F)(F)F)c2)CCO1. The van der Waals surface area contributed by atoms with E-state index in [4.69, 9.17) is 0 Å². The molecule has 1 aromatic rings. The van der Waals surface area contributed by atoms with Crippen molar-refractivity contribution in [2.45, 2.75) is 24.8 Å². The number of halogens is 6. The molecular weight excluding hydrogens is 304 g/mol. The Kier molecular flexibility index (Phi) is 3.77. The molecule has 2 rings (SSSR count). The summed E-state index contributed by atoms with van der Waals surface area (Å²) in [5.74, 6) is 0. The van der Waals surface area contributed by atoms with Gasteiger partial charge in [0.25, 0.3) is 0 Å². The summed E-state index contributed by atoms with van der Waals surface area (Å²) in [6.45, 7) is -0.0753. The Balaban J connectivity index is 2.47. The summed E-state index contributed by atoms with van der Waals surface area (Å²) < 4.78 is 80.7. The van der Waals surface area contributed by atoms with Crippen molar-refractivity contribution >= 4 is 6.09 Å². The molecule has 1 aliphatic rings. The van der Waals surface area contributed by atoms with E-state index in [1.807, 2.05) is 0 Å². The zero-order valence-corrected chi connectivity index (χ0v) is 10.3. The molecule has 1 N–H and O–H groups in total. The second-order valence-corrected chi connectivity index (χ2v) is 4.46. The Morgan fingerprint density at radius 2 is 1.52 bits per heavy atom. The Labute approximate surface area is 114 Å². The quantitative estimate of drug-likeness (QED) is 0.799. The predicted molar refractivity (Wildman–Crippen MR) is 58.3 cm³/mol. The number of benzene rings is 1. The maximum atomic E-state index is 12.7. The Morgan fingerprint density at radius 1 is 1.00 bits per heavy atom. The van der Waals surface area contributed by atoms with Crippen LogP contribution < -0.4 is 5.32 Å². The van der Waals surface area contributed by atoms with Gasteiger partial charge < -0.3 is 10.1 Å². The van der Waals surface area contributed by atoms with Gasteiger partial charge in [0.15, 0.2) is 0 Å². The molecule has 21 heavy (non-hydrogen) atoms. The number of alkyl halides is 6. The van der Waals surface area contributed by atoms with Gasteiger partial charge in [-0.1, -0.05) is 0 Å². The Morgan fingerprint density at radius 3 is 1.95 bits per heavy atom. The van der Waals surface area contributed by atoms with Crippen LogP contribution >= 0.6 is 0 Å². The fourth-order valence-electron chi connectivity index (χ4n) is 1.96. The molecule has 0 aliphatic carbocycles.